The highest BCUT2D eigenvalue weighted by Gasteiger charge is 2.05. The largest absolute Gasteiger partial charge is 0.488 e. The van der Waals surface area contributed by atoms with Crippen molar-refractivity contribution >= 4 is 15.9 Å². The van der Waals surface area contributed by atoms with E-state index in [0.717, 1.165) is 11.3 Å². The number of aromatic nitrogens is 1. The number of hydrogen-bond acceptors (Lipinski definition) is 3. The number of pyridine rings is 1. The zero-order valence-corrected chi connectivity index (χ0v) is 11.2. The van der Waals surface area contributed by atoms with Gasteiger partial charge in [-0.05, 0) is 40.2 Å². The lowest BCUT2D eigenvalue weighted by Crippen LogP contribution is -2.06. The number of rotatable bonds is 4. The molecular weight excluding hydrogens is 299 g/mol. The fraction of sp³-hybridized carbons (Fsp3) is 0.154. The molecule has 0 amide bonds. The Morgan fingerprint density at radius 2 is 2.17 bits per heavy atom. The zero-order valence-electron chi connectivity index (χ0n) is 9.57. The normalized spacial score (nSPS) is 10.4. The summed E-state index contributed by atoms with van der Waals surface area (Å²) >= 11 is 3.25. The van der Waals surface area contributed by atoms with Crippen LogP contribution >= 0.6 is 15.9 Å². The Kier molecular flexibility index (Phi) is 4.28. The summed E-state index contributed by atoms with van der Waals surface area (Å²) in [6.45, 7) is 0.717. The maximum atomic E-state index is 12.9. The van der Waals surface area contributed by atoms with E-state index in [1.165, 1.54) is 12.1 Å². The van der Waals surface area contributed by atoms with Gasteiger partial charge in [0, 0.05) is 18.3 Å². The van der Waals surface area contributed by atoms with Crippen molar-refractivity contribution in [3.05, 3.63) is 58.1 Å². The van der Waals surface area contributed by atoms with Gasteiger partial charge in [-0.15, -0.1) is 0 Å². The van der Waals surface area contributed by atoms with Gasteiger partial charge in [-0.25, -0.2) is 4.39 Å². The van der Waals surface area contributed by atoms with Crippen molar-refractivity contribution in [3.8, 4) is 5.75 Å². The van der Waals surface area contributed by atoms with E-state index in [4.69, 9.17) is 10.5 Å². The molecule has 18 heavy (non-hydrogen) atoms. The van der Waals surface area contributed by atoms with E-state index in [-0.39, 0.29) is 5.82 Å². The number of nitrogens with two attached hydrogens (primary N) is 1. The number of benzene rings is 1. The molecule has 0 fully saturated rings. The third-order valence-electron chi connectivity index (χ3n) is 2.45. The molecule has 0 bridgehead atoms. The van der Waals surface area contributed by atoms with Gasteiger partial charge in [-0.2, -0.15) is 0 Å². The van der Waals surface area contributed by atoms with Gasteiger partial charge < -0.3 is 10.5 Å². The number of halogens is 2. The molecule has 94 valence electrons. The van der Waals surface area contributed by atoms with Crippen LogP contribution in [0.1, 0.15) is 11.3 Å². The summed E-state index contributed by atoms with van der Waals surface area (Å²) in [6.07, 6.45) is 1.69. The third kappa shape index (κ3) is 3.05. The molecule has 1 aromatic carbocycles. The molecule has 1 aromatic heterocycles. The topological polar surface area (TPSA) is 48.1 Å². The smallest absolute Gasteiger partial charge is 0.134 e. The van der Waals surface area contributed by atoms with Crippen LogP contribution < -0.4 is 10.5 Å². The SMILES string of the molecule is NCc1ncccc1COc1ccc(F)cc1Br. The van der Waals surface area contributed by atoms with Crippen LogP contribution in [-0.2, 0) is 13.2 Å². The van der Waals surface area contributed by atoms with Crippen LogP contribution in [0.15, 0.2) is 41.0 Å². The minimum Gasteiger partial charge on any atom is -0.488 e. The van der Waals surface area contributed by atoms with Crippen molar-refractivity contribution in [2.24, 2.45) is 5.73 Å². The van der Waals surface area contributed by atoms with Crippen LogP contribution in [0.5, 0.6) is 5.75 Å². The summed E-state index contributed by atoms with van der Waals surface area (Å²) in [4.78, 5) is 4.17. The molecule has 5 heteroatoms. The predicted octanol–water partition coefficient (Wildman–Crippen LogP) is 3.02. The number of nitrogens with zero attached hydrogens (tertiary/aromatic N) is 1. The second-order valence-electron chi connectivity index (χ2n) is 3.68. The third-order valence-corrected chi connectivity index (χ3v) is 3.07. The monoisotopic (exact) mass is 310 g/mol. The Balaban J connectivity index is 2.11. The Bertz CT molecular complexity index is 548. The summed E-state index contributed by atoms with van der Waals surface area (Å²) in [7, 11) is 0. The summed E-state index contributed by atoms with van der Waals surface area (Å²) in [6, 6.07) is 8.04. The highest BCUT2D eigenvalue weighted by Crippen LogP contribution is 2.26. The Labute approximate surface area is 113 Å². The van der Waals surface area contributed by atoms with E-state index in [0.29, 0.717) is 23.4 Å². The molecule has 0 aliphatic heterocycles. The minimum atomic E-state index is -0.307. The molecular formula is C13H12BrFN2O. The van der Waals surface area contributed by atoms with Crippen LogP contribution in [0, 0.1) is 5.82 Å². The lowest BCUT2D eigenvalue weighted by Gasteiger charge is -2.10. The molecule has 2 N–H and O–H groups in total. The molecule has 0 radical (unpaired) electrons. The maximum Gasteiger partial charge on any atom is 0.134 e. The zero-order chi connectivity index (χ0) is 13.0. The van der Waals surface area contributed by atoms with Gasteiger partial charge in [0.15, 0.2) is 0 Å². The Morgan fingerprint density at radius 1 is 1.33 bits per heavy atom. The first-order valence-corrected chi connectivity index (χ1v) is 6.20. The molecule has 0 atom stereocenters. The highest BCUT2D eigenvalue weighted by molar-refractivity contribution is 9.10. The Morgan fingerprint density at radius 3 is 2.89 bits per heavy atom. The van der Waals surface area contributed by atoms with E-state index >= 15 is 0 Å². The van der Waals surface area contributed by atoms with E-state index in [2.05, 4.69) is 20.9 Å². The van der Waals surface area contributed by atoms with Gasteiger partial charge in [-0.3, -0.25) is 4.98 Å². The number of ether oxygens (including phenoxy) is 1. The molecule has 1 heterocycles. The van der Waals surface area contributed by atoms with Gasteiger partial charge in [0.2, 0.25) is 0 Å². The molecule has 0 aliphatic rings. The van der Waals surface area contributed by atoms with E-state index in [1.54, 1.807) is 12.3 Å². The first kappa shape index (κ1) is 13.0. The van der Waals surface area contributed by atoms with Crippen LogP contribution in [0.4, 0.5) is 4.39 Å². The van der Waals surface area contributed by atoms with Crippen molar-refractivity contribution < 1.29 is 9.13 Å². The first-order chi connectivity index (χ1) is 8.70. The van der Waals surface area contributed by atoms with E-state index in [9.17, 15) is 4.39 Å². The fourth-order valence-corrected chi connectivity index (χ4v) is 2.00. The minimum absolute atomic E-state index is 0.307. The molecule has 2 rings (SSSR count). The summed E-state index contributed by atoms with van der Waals surface area (Å²) in [5.41, 5.74) is 7.32. The van der Waals surface area contributed by atoms with Gasteiger partial charge in [-0.1, -0.05) is 6.07 Å². The average Bonchev–Trinajstić information content (AvgIpc) is 2.38. The predicted molar refractivity (Wildman–Crippen MR) is 70.6 cm³/mol. The fourth-order valence-electron chi connectivity index (χ4n) is 1.53. The summed E-state index contributed by atoms with van der Waals surface area (Å²) in [5, 5.41) is 0. The molecule has 3 nitrogen and oxygen atoms in total. The molecule has 0 saturated heterocycles. The Hall–Kier alpha value is -1.46. The van der Waals surface area contributed by atoms with Gasteiger partial charge in [0.1, 0.15) is 18.2 Å². The van der Waals surface area contributed by atoms with Crippen molar-refractivity contribution in [2.75, 3.05) is 0 Å². The molecule has 0 saturated carbocycles. The standard InChI is InChI=1S/C13H12BrFN2O/c14-11-6-10(15)3-4-13(11)18-8-9-2-1-5-17-12(9)7-16/h1-6H,7-8,16H2. The van der Waals surface area contributed by atoms with Crippen LogP contribution in [-0.4, -0.2) is 4.98 Å². The van der Waals surface area contributed by atoms with Crippen molar-refractivity contribution in [1.29, 1.82) is 0 Å². The van der Waals surface area contributed by atoms with Gasteiger partial charge >= 0.3 is 0 Å². The first-order valence-electron chi connectivity index (χ1n) is 5.41. The second-order valence-corrected chi connectivity index (χ2v) is 4.53. The maximum absolute atomic E-state index is 12.9. The molecule has 0 aliphatic carbocycles. The molecule has 0 unspecified atom stereocenters. The lowest BCUT2D eigenvalue weighted by atomic mass is 10.2. The summed E-state index contributed by atoms with van der Waals surface area (Å²) in [5.74, 6) is 0.279. The highest BCUT2D eigenvalue weighted by atomic mass is 79.9. The molecule has 2 aromatic rings. The average molecular weight is 311 g/mol. The van der Waals surface area contributed by atoms with E-state index in [1.807, 2.05) is 12.1 Å². The van der Waals surface area contributed by atoms with Crippen LogP contribution in [0.3, 0.4) is 0 Å². The van der Waals surface area contributed by atoms with E-state index < -0.39 is 0 Å². The van der Waals surface area contributed by atoms with Crippen molar-refractivity contribution in [2.45, 2.75) is 13.2 Å². The summed E-state index contributed by atoms with van der Waals surface area (Å²) < 4.78 is 19.1. The van der Waals surface area contributed by atoms with Crippen LogP contribution in [0.2, 0.25) is 0 Å². The second kappa shape index (κ2) is 5.93. The quantitative estimate of drug-likeness (QED) is 0.944. The lowest BCUT2D eigenvalue weighted by molar-refractivity contribution is 0.302. The molecule has 0 spiro atoms. The van der Waals surface area contributed by atoms with Crippen molar-refractivity contribution in [3.63, 3.8) is 0 Å². The van der Waals surface area contributed by atoms with Gasteiger partial charge in [0.05, 0.1) is 10.2 Å². The number of hydrogen-bond donors (Lipinski definition) is 1. The van der Waals surface area contributed by atoms with Gasteiger partial charge in [0.25, 0.3) is 0 Å². The van der Waals surface area contributed by atoms with Crippen molar-refractivity contribution in [1.82, 2.24) is 4.98 Å². The van der Waals surface area contributed by atoms with Crippen LogP contribution in [0.25, 0.3) is 0 Å².